The molecule has 0 unspecified atom stereocenters. The van der Waals surface area contributed by atoms with Gasteiger partial charge in [0.05, 0.1) is 23.5 Å². The average molecular weight is 313 g/mol. The average Bonchev–Trinajstić information content (AvgIpc) is 3.07. The highest BCUT2D eigenvalue weighted by molar-refractivity contribution is 7.08. The molecular weight excluding hydrogens is 301 g/mol. The van der Waals surface area contributed by atoms with E-state index in [1.165, 1.54) is 12.1 Å². The van der Waals surface area contributed by atoms with Crippen molar-refractivity contribution in [3.05, 3.63) is 70.6 Å². The second-order valence-electron chi connectivity index (χ2n) is 4.53. The van der Waals surface area contributed by atoms with E-state index >= 15 is 0 Å². The second-order valence-corrected chi connectivity index (χ2v) is 5.31. The molecule has 3 aromatic rings. The van der Waals surface area contributed by atoms with Crippen molar-refractivity contribution in [2.45, 2.75) is 6.54 Å². The normalized spacial score (nSPS) is 10.4. The Morgan fingerprint density at radius 2 is 2.00 bits per heavy atom. The van der Waals surface area contributed by atoms with E-state index in [9.17, 15) is 9.18 Å². The van der Waals surface area contributed by atoms with Gasteiger partial charge in [0.2, 0.25) is 0 Å². The fourth-order valence-corrected chi connectivity index (χ4v) is 2.68. The third-order valence-electron chi connectivity index (χ3n) is 3.10. The van der Waals surface area contributed by atoms with Crippen LogP contribution in [-0.4, -0.2) is 15.9 Å². The van der Waals surface area contributed by atoms with Gasteiger partial charge in [0, 0.05) is 23.3 Å². The van der Waals surface area contributed by atoms with Gasteiger partial charge in [0.1, 0.15) is 5.82 Å². The molecule has 0 aliphatic carbocycles. The Kier molecular flexibility index (Phi) is 4.20. The Bertz CT molecular complexity index is 790. The molecule has 6 heteroatoms. The maximum Gasteiger partial charge on any atom is 0.254 e. The monoisotopic (exact) mass is 313 g/mol. The molecule has 0 aliphatic heterocycles. The predicted octanol–water partition coefficient (Wildman–Crippen LogP) is 3.27. The van der Waals surface area contributed by atoms with E-state index in [0.717, 1.165) is 11.3 Å². The number of aromatic nitrogens is 2. The first-order chi connectivity index (χ1) is 10.8. The Balaban J connectivity index is 1.78. The lowest BCUT2D eigenvalue weighted by Gasteiger charge is -2.08. The van der Waals surface area contributed by atoms with Gasteiger partial charge in [-0.25, -0.2) is 4.39 Å². The molecule has 2 heterocycles. The summed E-state index contributed by atoms with van der Waals surface area (Å²) in [5, 5.41) is 6.59. The van der Waals surface area contributed by atoms with Crippen molar-refractivity contribution in [3.8, 4) is 11.3 Å². The van der Waals surface area contributed by atoms with Crippen LogP contribution in [0.5, 0.6) is 0 Å². The van der Waals surface area contributed by atoms with Gasteiger partial charge in [0.25, 0.3) is 5.91 Å². The van der Waals surface area contributed by atoms with Crippen LogP contribution in [0.3, 0.4) is 0 Å². The van der Waals surface area contributed by atoms with Crippen molar-refractivity contribution in [1.82, 2.24) is 15.3 Å². The molecule has 2 aromatic heterocycles. The van der Waals surface area contributed by atoms with Crippen molar-refractivity contribution in [2.75, 3.05) is 0 Å². The zero-order valence-corrected chi connectivity index (χ0v) is 12.3. The molecule has 0 atom stereocenters. The Hall–Kier alpha value is -2.60. The summed E-state index contributed by atoms with van der Waals surface area (Å²) >= 11 is 1.56. The number of nitrogens with zero attached hydrogens (tertiary/aromatic N) is 2. The van der Waals surface area contributed by atoms with Crippen LogP contribution < -0.4 is 5.32 Å². The molecule has 1 aromatic carbocycles. The standard InChI is InChI=1S/C16H12FN3OS/c17-13-4-2-1-3-12(13)16(21)20-9-14-15(19-7-6-18-14)11-5-8-22-10-11/h1-8,10H,9H2,(H,20,21). The van der Waals surface area contributed by atoms with Gasteiger partial charge in [-0.1, -0.05) is 12.1 Å². The van der Waals surface area contributed by atoms with Crippen LogP contribution in [0, 0.1) is 5.82 Å². The topological polar surface area (TPSA) is 54.9 Å². The lowest BCUT2D eigenvalue weighted by atomic mass is 10.1. The van der Waals surface area contributed by atoms with Crippen LogP contribution in [0.1, 0.15) is 16.1 Å². The van der Waals surface area contributed by atoms with Crippen LogP contribution in [0.2, 0.25) is 0 Å². The highest BCUT2D eigenvalue weighted by atomic mass is 32.1. The van der Waals surface area contributed by atoms with Gasteiger partial charge in [-0.3, -0.25) is 14.8 Å². The molecule has 1 amide bonds. The summed E-state index contributed by atoms with van der Waals surface area (Å²) in [5.41, 5.74) is 2.33. The minimum absolute atomic E-state index is 0.0171. The fraction of sp³-hybridized carbons (Fsp3) is 0.0625. The molecule has 0 fully saturated rings. The number of rotatable bonds is 4. The second kappa shape index (κ2) is 6.44. The van der Waals surface area contributed by atoms with E-state index in [2.05, 4.69) is 15.3 Å². The summed E-state index contributed by atoms with van der Waals surface area (Å²) in [4.78, 5) is 20.6. The first-order valence-corrected chi connectivity index (χ1v) is 7.55. The number of benzene rings is 1. The highest BCUT2D eigenvalue weighted by Crippen LogP contribution is 2.22. The summed E-state index contributed by atoms with van der Waals surface area (Å²) in [5.74, 6) is -1.02. The lowest BCUT2D eigenvalue weighted by Crippen LogP contribution is -2.24. The van der Waals surface area contributed by atoms with E-state index < -0.39 is 11.7 Å². The van der Waals surface area contributed by atoms with Crippen LogP contribution in [0.15, 0.2) is 53.5 Å². The Morgan fingerprint density at radius 1 is 1.18 bits per heavy atom. The molecule has 22 heavy (non-hydrogen) atoms. The third kappa shape index (κ3) is 3.01. The molecule has 4 nitrogen and oxygen atoms in total. The van der Waals surface area contributed by atoms with Crippen LogP contribution >= 0.6 is 11.3 Å². The molecule has 1 N–H and O–H groups in total. The van der Waals surface area contributed by atoms with Gasteiger partial charge in [-0.2, -0.15) is 11.3 Å². The lowest BCUT2D eigenvalue weighted by molar-refractivity contribution is 0.0946. The summed E-state index contributed by atoms with van der Waals surface area (Å²) in [6, 6.07) is 7.81. The number of hydrogen-bond donors (Lipinski definition) is 1. The van der Waals surface area contributed by atoms with E-state index in [4.69, 9.17) is 0 Å². The molecule has 0 radical (unpaired) electrons. The summed E-state index contributed by atoms with van der Waals surface area (Å²) in [6.07, 6.45) is 3.18. The van der Waals surface area contributed by atoms with Crippen LogP contribution in [-0.2, 0) is 6.54 Å². The first kappa shape index (κ1) is 14.3. The van der Waals surface area contributed by atoms with Crippen molar-refractivity contribution < 1.29 is 9.18 Å². The third-order valence-corrected chi connectivity index (χ3v) is 3.79. The molecule has 0 spiro atoms. The molecule has 0 aliphatic rings. The molecule has 0 bridgehead atoms. The zero-order chi connectivity index (χ0) is 15.4. The highest BCUT2D eigenvalue weighted by Gasteiger charge is 2.13. The smallest absolute Gasteiger partial charge is 0.254 e. The van der Waals surface area contributed by atoms with E-state index in [0.29, 0.717) is 5.69 Å². The number of thiophene rings is 1. The molecule has 0 saturated heterocycles. The van der Waals surface area contributed by atoms with Gasteiger partial charge in [-0.05, 0) is 23.6 Å². The predicted molar refractivity (Wildman–Crippen MR) is 82.9 cm³/mol. The van der Waals surface area contributed by atoms with Gasteiger partial charge in [0.15, 0.2) is 0 Å². The molecule has 3 rings (SSSR count). The Labute approximate surface area is 130 Å². The van der Waals surface area contributed by atoms with E-state index in [-0.39, 0.29) is 12.1 Å². The van der Waals surface area contributed by atoms with Crippen molar-refractivity contribution in [1.29, 1.82) is 0 Å². The van der Waals surface area contributed by atoms with Crippen molar-refractivity contribution in [2.24, 2.45) is 0 Å². The van der Waals surface area contributed by atoms with Gasteiger partial charge in [-0.15, -0.1) is 0 Å². The maximum absolute atomic E-state index is 13.6. The van der Waals surface area contributed by atoms with Gasteiger partial charge >= 0.3 is 0 Å². The van der Waals surface area contributed by atoms with Crippen molar-refractivity contribution >= 4 is 17.2 Å². The van der Waals surface area contributed by atoms with E-state index in [1.54, 1.807) is 35.9 Å². The summed E-state index contributed by atoms with van der Waals surface area (Å²) in [6.45, 7) is 0.187. The summed E-state index contributed by atoms with van der Waals surface area (Å²) < 4.78 is 13.6. The van der Waals surface area contributed by atoms with Gasteiger partial charge < -0.3 is 5.32 Å². The molecule has 0 saturated carbocycles. The van der Waals surface area contributed by atoms with Crippen LogP contribution in [0.4, 0.5) is 4.39 Å². The molecule has 110 valence electrons. The number of halogens is 1. The first-order valence-electron chi connectivity index (χ1n) is 6.61. The fourth-order valence-electron chi connectivity index (χ4n) is 2.04. The summed E-state index contributed by atoms with van der Waals surface area (Å²) in [7, 11) is 0. The Morgan fingerprint density at radius 3 is 2.77 bits per heavy atom. The number of nitrogens with one attached hydrogen (secondary N) is 1. The number of hydrogen-bond acceptors (Lipinski definition) is 4. The van der Waals surface area contributed by atoms with Crippen molar-refractivity contribution in [3.63, 3.8) is 0 Å². The zero-order valence-electron chi connectivity index (χ0n) is 11.5. The number of carbonyl (C=O) groups excluding carboxylic acids is 1. The number of amides is 1. The largest absolute Gasteiger partial charge is 0.346 e. The number of carbonyl (C=O) groups is 1. The van der Waals surface area contributed by atoms with Crippen LogP contribution in [0.25, 0.3) is 11.3 Å². The molecular formula is C16H12FN3OS. The quantitative estimate of drug-likeness (QED) is 0.804. The maximum atomic E-state index is 13.6. The minimum Gasteiger partial charge on any atom is -0.346 e. The minimum atomic E-state index is -0.544. The SMILES string of the molecule is O=C(NCc1nccnc1-c1ccsc1)c1ccccc1F. The van der Waals surface area contributed by atoms with E-state index in [1.807, 2.05) is 16.8 Å².